The van der Waals surface area contributed by atoms with Gasteiger partial charge in [0.15, 0.2) is 0 Å². The van der Waals surface area contributed by atoms with Gasteiger partial charge in [-0.2, -0.15) is 8.78 Å². The summed E-state index contributed by atoms with van der Waals surface area (Å²) in [7, 11) is 0. The molecule has 0 bridgehead atoms. The number of hydrogen-bond donors (Lipinski definition) is 0. The third-order valence-electron chi connectivity index (χ3n) is 5.68. The molecule has 1 aliphatic rings. The first-order valence-corrected chi connectivity index (χ1v) is 9.97. The van der Waals surface area contributed by atoms with Gasteiger partial charge in [-0.3, -0.25) is 0 Å². The van der Waals surface area contributed by atoms with Gasteiger partial charge in [0, 0.05) is 10.9 Å². The molecular formula is C24H27F3O. The van der Waals surface area contributed by atoms with E-state index in [1.54, 1.807) is 18.2 Å². The molecule has 0 atom stereocenters. The van der Waals surface area contributed by atoms with Crippen LogP contribution < -0.4 is 4.74 Å². The van der Waals surface area contributed by atoms with Crippen LogP contribution in [-0.4, -0.2) is 6.61 Å². The van der Waals surface area contributed by atoms with E-state index in [9.17, 15) is 8.78 Å². The van der Waals surface area contributed by atoms with E-state index in [0.29, 0.717) is 29.0 Å². The number of ether oxygens (including phenoxy) is 1. The van der Waals surface area contributed by atoms with Crippen LogP contribution in [-0.2, 0) is 6.42 Å². The number of fused-ring (bicyclic) bond motifs is 1. The van der Waals surface area contributed by atoms with Crippen molar-refractivity contribution in [3.05, 3.63) is 66.0 Å². The summed E-state index contributed by atoms with van der Waals surface area (Å²) in [6, 6.07) is 7.26. The Balaban J connectivity index is 1.93. The van der Waals surface area contributed by atoms with Crippen molar-refractivity contribution in [1.82, 2.24) is 0 Å². The van der Waals surface area contributed by atoms with Gasteiger partial charge in [0.25, 0.3) is 0 Å². The van der Waals surface area contributed by atoms with Crippen molar-refractivity contribution < 1.29 is 17.9 Å². The van der Waals surface area contributed by atoms with Crippen LogP contribution >= 0.6 is 0 Å². The molecule has 3 rings (SSSR count). The van der Waals surface area contributed by atoms with Gasteiger partial charge in [-0.1, -0.05) is 36.4 Å². The van der Waals surface area contributed by atoms with Crippen LogP contribution in [0.15, 0.2) is 49.1 Å². The van der Waals surface area contributed by atoms with E-state index in [2.05, 4.69) is 23.5 Å². The average Bonchev–Trinajstić information content (AvgIpc) is 2.68. The quantitative estimate of drug-likeness (QED) is 0.445. The third kappa shape index (κ3) is 4.60. The summed E-state index contributed by atoms with van der Waals surface area (Å²) in [4.78, 5) is 0. The summed E-state index contributed by atoms with van der Waals surface area (Å²) in [5, 5.41) is 1.07. The lowest BCUT2D eigenvalue weighted by Crippen LogP contribution is -2.11. The minimum absolute atomic E-state index is 0.0733. The van der Waals surface area contributed by atoms with Gasteiger partial charge in [-0.05, 0) is 74.3 Å². The lowest BCUT2D eigenvalue weighted by Gasteiger charge is -2.27. The van der Waals surface area contributed by atoms with E-state index in [1.165, 1.54) is 0 Å². The maximum Gasteiger partial charge on any atom is 0.387 e. The summed E-state index contributed by atoms with van der Waals surface area (Å²) < 4.78 is 45.4. The second kappa shape index (κ2) is 9.31. The summed E-state index contributed by atoms with van der Waals surface area (Å²) in [6.45, 7) is 2.69. The Hall–Kier alpha value is -2.23. The van der Waals surface area contributed by atoms with Gasteiger partial charge in [0.05, 0.1) is 0 Å². The van der Waals surface area contributed by atoms with Crippen molar-refractivity contribution in [2.45, 2.75) is 58.0 Å². The zero-order valence-electron chi connectivity index (χ0n) is 16.3. The lowest BCUT2D eigenvalue weighted by atomic mass is 9.78. The Morgan fingerprint density at radius 3 is 2.57 bits per heavy atom. The van der Waals surface area contributed by atoms with Crippen molar-refractivity contribution in [1.29, 1.82) is 0 Å². The molecule has 1 aliphatic carbocycles. The first kappa shape index (κ1) is 20.5. The van der Waals surface area contributed by atoms with E-state index in [0.717, 1.165) is 31.2 Å². The van der Waals surface area contributed by atoms with E-state index in [-0.39, 0.29) is 17.7 Å². The van der Waals surface area contributed by atoms with Crippen LogP contribution in [0.25, 0.3) is 10.8 Å². The zero-order valence-corrected chi connectivity index (χ0v) is 16.3. The summed E-state index contributed by atoms with van der Waals surface area (Å²) in [5.41, 5.74) is 1.33. The van der Waals surface area contributed by atoms with Crippen molar-refractivity contribution >= 4 is 10.8 Å². The molecule has 1 nitrogen and oxygen atoms in total. The Morgan fingerprint density at radius 2 is 1.93 bits per heavy atom. The predicted octanol–water partition coefficient (Wildman–Crippen LogP) is 7.55. The summed E-state index contributed by atoms with van der Waals surface area (Å²) >= 11 is 0. The smallest absolute Gasteiger partial charge is 0.387 e. The molecule has 0 amide bonds. The molecule has 2 aromatic carbocycles. The molecule has 0 N–H and O–H groups in total. The number of allylic oxidation sites excluding steroid dienone is 3. The molecule has 1 saturated carbocycles. The highest BCUT2D eigenvalue weighted by atomic mass is 19.3. The molecule has 150 valence electrons. The highest BCUT2D eigenvalue weighted by Crippen LogP contribution is 2.39. The highest BCUT2D eigenvalue weighted by Gasteiger charge is 2.22. The second-order valence-corrected chi connectivity index (χ2v) is 7.49. The number of alkyl halides is 2. The SMILES string of the molecule is C=CCCc1c(OC(F)F)cc2cc(C3CCC(/C=C/C)CC3)ccc2c1F. The Labute approximate surface area is 164 Å². The Bertz CT molecular complexity index is 849. The fourth-order valence-corrected chi connectivity index (χ4v) is 4.25. The second-order valence-electron chi connectivity index (χ2n) is 7.49. The van der Waals surface area contributed by atoms with Gasteiger partial charge in [0.2, 0.25) is 0 Å². The maximum atomic E-state index is 15.0. The molecule has 0 aliphatic heterocycles. The Morgan fingerprint density at radius 1 is 1.18 bits per heavy atom. The number of rotatable bonds is 7. The largest absolute Gasteiger partial charge is 0.434 e. The first-order chi connectivity index (χ1) is 13.5. The normalized spacial score (nSPS) is 20.2. The van der Waals surface area contributed by atoms with Crippen LogP contribution in [0.2, 0.25) is 0 Å². The molecule has 0 aromatic heterocycles. The maximum absolute atomic E-state index is 15.0. The van der Waals surface area contributed by atoms with Crippen molar-refractivity contribution in [3.8, 4) is 5.75 Å². The van der Waals surface area contributed by atoms with Gasteiger partial charge in [-0.15, -0.1) is 6.58 Å². The predicted molar refractivity (Wildman–Crippen MR) is 109 cm³/mol. The van der Waals surface area contributed by atoms with Crippen LogP contribution in [0.4, 0.5) is 13.2 Å². The minimum atomic E-state index is -2.98. The van der Waals surface area contributed by atoms with Crippen LogP contribution in [0.1, 0.15) is 56.1 Å². The zero-order chi connectivity index (χ0) is 20.1. The molecular weight excluding hydrogens is 361 g/mol. The third-order valence-corrected chi connectivity index (χ3v) is 5.68. The van der Waals surface area contributed by atoms with Crippen molar-refractivity contribution in [2.24, 2.45) is 5.92 Å². The van der Waals surface area contributed by atoms with E-state index < -0.39 is 12.4 Å². The Kier molecular flexibility index (Phi) is 6.82. The van der Waals surface area contributed by atoms with Gasteiger partial charge < -0.3 is 4.74 Å². The van der Waals surface area contributed by atoms with Crippen molar-refractivity contribution in [2.75, 3.05) is 0 Å². The minimum Gasteiger partial charge on any atom is -0.434 e. The van der Waals surface area contributed by atoms with Crippen LogP contribution in [0, 0.1) is 11.7 Å². The number of hydrogen-bond acceptors (Lipinski definition) is 1. The fraction of sp³-hybridized carbons (Fsp3) is 0.417. The highest BCUT2D eigenvalue weighted by molar-refractivity contribution is 5.86. The molecule has 1 fully saturated rings. The fourth-order valence-electron chi connectivity index (χ4n) is 4.25. The molecule has 0 heterocycles. The van der Waals surface area contributed by atoms with Crippen LogP contribution in [0.3, 0.4) is 0 Å². The molecule has 28 heavy (non-hydrogen) atoms. The monoisotopic (exact) mass is 388 g/mol. The van der Waals surface area contributed by atoms with Crippen molar-refractivity contribution in [3.63, 3.8) is 0 Å². The first-order valence-electron chi connectivity index (χ1n) is 9.97. The number of benzene rings is 2. The number of halogens is 3. The van der Waals surface area contributed by atoms with E-state index >= 15 is 4.39 Å². The van der Waals surface area contributed by atoms with E-state index in [1.807, 2.05) is 19.1 Å². The van der Waals surface area contributed by atoms with Gasteiger partial charge in [-0.25, -0.2) is 4.39 Å². The van der Waals surface area contributed by atoms with Crippen LogP contribution in [0.5, 0.6) is 5.75 Å². The molecule has 0 saturated heterocycles. The summed E-state index contributed by atoms with van der Waals surface area (Å²) in [6.07, 6.45) is 11.2. The van der Waals surface area contributed by atoms with E-state index in [4.69, 9.17) is 0 Å². The topological polar surface area (TPSA) is 9.23 Å². The molecule has 4 heteroatoms. The average molecular weight is 388 g/mol. The molecule has 0 unspecified atom stereocenters. The summed E-state index contributed by atoms with van der Waals surface area (Å²) in [5.74, 6) is 0.514. The van der Waals surface area contributed by atoms with Gasteiger partial charge >= 0.3 is 6.61 Å². The standard InChI is InChI=1S/C24H27F3O/c1-3-5-7-21-22(28-24(26)27)15-19-14-18(12-13-20(19)23(21)25)17-10-8-16(6-4-2)9-11-17/h3-4,6,12-17,24H,1,5,7-11H2,2H3/b6-4+. The molecule has 0 spiro atoms. The molecule has 0 radical (unpaired) electrons. The lowest BCUT2D eigenvalue weighted by molar-refractivity contribution is -0.0505. The molecule has 2 aromatic rings. The van der Waals surface area contributed by atoms with Gasteiger partial charge in [0.1, 0.15) is 11.6 Å².